The third kappa shape index (κ3) is 11.7. The summed E-state index contributed by atoms with van der Waals surface area (Å²) in [6.07, 6.45) is 2.42. The second-order valence-electron chi connectivity index (χ2n) is 8.16. The van der Waals surface area contributed by atoms with E-state index in [0.717, 1.165) is 28.2 Å². The predicted molar refractivity (Wildman–Crippen MR) is 155 cm³/mol. The molecule has 7 nitrogen and oxygen atoms in total. The smallest absolute Gasteiger partial charge is 0.416 e. The minimum atomic E-state index is -0.674. The van der Waals surface area contributed by atoms with Crippen LogP contribution in [0.5, 0.6) is 0 Å². The van der Waals surface area contributed by atoms with Crippen molar-refractivity contribution in [2.24, 2.45) is 5.92 Å². The van der Waals surface area contributed by atoms with Crippen molar-refractivity contribution in [2.45, 2.75) is 26.4 Å². The van der Waals surface area contributed by atoms with Crippen LogP contribution in [0, 0.1) is 5.92 Å². The molecule has 0 radical (unpaired) electrons. The zero-order valence-corrected chi connectivity index (χ0v) is 24.1. The number of hydrogen-bond donors (Lipinski definition) is 0. The van der Waals surface area contributed by atoms with Crippen molar-refractivity contribution in [1.82, 2.24) is 9.80 Å². The fourth-order valence-corrected chi connectivity index (χ4v) is 6.11. The summed E-state index contributed by atoms with van der Waals surface area (Å²) in [5, 5.41) is 0. The lowest BCUT2D eigenvalue weighted by Gasteiger charge is -2.23. The molecule has 0 saturated heterocycles. The Bertz CT molecular complexity index is 950. The fraction of sp³-hybridized carbons (Fsp3) is 0.444. The second-order valence-corrected chi connectivity index (χ2v) is 11.6. The van der Waals surface area contributed by atoms with Gasteiger partial charge in [-0.3, -0.25) is 14.6 Å². The maximum absolute atomic E-state index is 13.3. The summed E-state index contributed by atoms with van der Waals surface area (Å²) < 4.78 is 10.5. The highest BCUT2D eigenvalue weighted by Gasteiger charge is 2.28. The normalized spacial score (nSPS) is 11.4. The van der Waals surface area contributed by atoms with Gasteiger partial charge in [0.05, 0.1) is 18.4 Å². The lowest BCUT2D eigenvalue weighted by atomic mass is 10.00. The molecule has 0 aliphatic rings. The number of carbonyl (C=O) groups is 3. The molecule has 2 aromatic rings. The van der Waals surface area contributed by atoms with Crippen LogP contribution in [0.4, 0.5) is 9.59 Å². The molecule has 10 heteroatoms. The summed E-state index contributed by atoms with van der Waals surface area (Å²) in [5.74, 6) is 1.18. The highest BCUT2D eigenvalue weighted by Crippen LogP contribution is 2.28. The lowest BCUT2D eigenvalue weighted by Crippen LogP contribution is -2.39. The van der Waals surface area contributed by atoms with Crippen LogP contribution < -0.4 is 0 Å². The van der Waals surface area contributed by atoms with E-state index in [1.54, 1.807) is 23.6 Å². The number of imide groups is 1. The van der Waals surface area contributed by atoms with E-state index in [1.807, 2.05) is 66.9 Å². The van der Waals surface area contributed by atoms with Crippen molar-refractivity contribution < 1.29 is 23.9 Å². The quantitative estimate of drug-likeness (QED) is 0.144. The first-order valence-electron chi connectivity index (χ1n) is 12.1. The molecule has 0 N–H and O–H groups in total. The third-order valence-electron chi connectivity index (χ3n) is 5.35. The Morgan fingerprint density at radius 3 is 2.16 bits per heavy atom. The van der Waals surface area contributed by atoms with Crippen molar-refractivity contribution >= 4 is 51.4 Å². The van der Waals surface area contributed by atoms with Crippen molar-refractivity contribution in [3.8, 4) is 0 Å². The Morgan fingerprint density at radius 2 is 1.54 bits per heavy atom. The number of hydrogen-bond acceptors (Lipinski definition) is 8. The average molecular weight is 565 g/mol. The maximum atomic E-state index is 13.3. The standard InChI is InChI=1S/C27H36N2O5S3/c1-4-33-27(32)29(16-11-17-35-3)21-37-36-20-24(18-22-12-7-5-8-13-22)25(30)28(2)26(31)34-19-23-14-9-6-10-15-23/h5-10,12-15,24H,4,11,16-21H2,1-3H3. The van der Waals surface area contributed by atoms with Gasteiger partial charge >= 0.3 is 12.2 Å². The molecule has 0 fully saturated rings. The van der Waals surface area contributed by atoms with Gasteiger partial charge < -0.3 is 9.47 Å². The number of nitrogens with zero attached hydrogens (tertiary/aromatic N) is 2. The molecule has 2 rings (SSSR count). The maximum Gasteiger partial charge on any atom is 0.416 e. The minimum Gasteiger partial charge on any atom is -0.450 e. The number of carbonyl (C=O) groups excluding carboxylic acids is 3. The van der Waals surface area contributed by atoms with Gasteiger partial charge in [-0.15, -0.1) is 0 Å². The second kappa shape index (κ2) is 18.0. The summed E-state index contributed by atoms with van der Waals surface area (Å²) in [4.78, 5) is 41.0. The van der Waals surface area contributed by atoms with Crippen LogP contribution in [0.15, 0.2) is 60.7 Å². The van der Waals surface area contributed by atoms with E-state index in [0.29, 0.717) is 31.2 Å². The summed E-state index contributed by atoms with van der Waals surface area (Å²) in [7, 11) is 4.48. The van der Waals surface area contributed by atoms with Crippen molar-refractivity contribution in [3.63, 3.8) is 0 Å². The van der Waals surface area contributed by atoms with E-state index in [9.17, 15) is 14.4 Å². The molecule has 0 spiro atoms. The Kier molecular flexibility index (Phi) is 15.1. The van der Waals surface area contributed by atoms with Crippen LogP contribution in [-0.4, -0.2) is 71.7 Å². The van der Waals surface area contributed by atoms with Crippen LogP contribution in [0.3, 0.4) is 0 Å². The van der Waals surface area contributed by atoms with Gasteiger partial charge in [0.2, 0.25) is 5.91 Å². The first-order valence-corrected chi connectivity index (χ1v) is 16.0. The highest BCUT2D eigenvalue weighted by molar-refractivity contribution is 8.76. The van der Waals surface area contributed by atoms with Gasteiger partial charge in [-0.25, -0.2) is 9.59 Å². The molecule has 202 valence electrons. The monoisotopic (exact) mass is 564 g/mol. The molecule has 0 aliphatic heterocycles. The summed E-state index contributed by atoms with van der Waals surface area (Å²) in [6.45, 7) is 2.85. The van der Waals surface area contributed by atoms with Crippen molar-refractivity contribution in [3.05, 3.63) is 71.8 Å². The molecular weight excluding hydrogens is 529 g/mol. The molecule has 0 heterocycles. The number of rotatable bonds is 15. The van der Waals surface area contributed by atoms with Crippen LogP contribution in [0.2, 0.25) is 0 Å². The van der Waals surface area contributed by atoms with Gasteiger partial charge in [-0.05, 0) is 42.9 Å². The molecule has 0 aliphatic carbocycles. The van der Waals surface area contributed by atoms with Gasteiger partial charge in [0, 0.05) is 19.3 Å². The lowest BCUT2D eigenvalue weighted by molar-refractivity contribution is -0.131. The van der Waals surface area contributed by atoms with Gasteiger partial charge in [-0.2, -0.15) is 11.8 Å². The van der Waals surface area contributed by atoms with Crippen LogP contribution >= 0.6 is 33.3 Å². The molecule has 1 atom stereocenters. The fourth-order valence-electron chi connectivity index (χ4n) is 3.35. The largest absolute Gasteiger partial charge is 0.450 e. The van der Waals surface area contributed by atoms with Gasteiger partial charge in [0.1, 0.15) is 6.61 Å². The first kappa shape index (κ1) is 30.9. The van der Waals surface area contributed by atoms with Gasteiger partial charge in [-0.1, -0.05) is 82.3 Å². The Hall–Kier alpha value is -2.30. The molecule has 37 heavy (non-hydrogen) atoms. The van der Waals surface area contributed by atoms with E-state index in [-0.39, 0.29) is 18.6 Å². The van der Waals surface area contributed by atoms with E-state index < -0.39 is 12.0 Å². The number of amides is 3. The zero-order chi connectivity index (χ0) is 26.9. The van der Waals surface area contributed by atoms with Crippen molar-refractivity contribution in [1.29, 1.82) is 0 Å². The SMILES string of the molecule is CCOC(=O)N(CCCSC)CSSCC(Cc1ccccc1)C(=O)N(C)C(=O)OCc1ccccc1. The van der Waals surface area contributed by atoms with Crippen molar-refractivity contribution in [2.75, 3.05) is 43.8 Å². The topological polar surface area (TPSA) is 76.2 Å². The molecule has 1 unspecified atom stereocenters. The summed E-state index contributed by atoms with van der Waals surface area (Å²) in [6, 6.07) is 19.1. The van der Waals surface area contributed by atoms with Crippen LogP contribution in [-0.2, 0) is 27.3 Å². The Balaban J connectivity index is 1.96. The van der Waals surface area contributed by atoms with E-state index >= 15 is 0 Å². The predicted octanol–water partition coefficient (Wildman–Crippen LogP) is 6.19. The molecular formula is C27H36N2O5S3. The molecule has 0 aromatic heterocycles. The Labute approximate surface area is 232 Å². The highest BCUT2D eigenvalue weighted by atomic mass is 33.1. The number of benzene rings is 2. The molecule has 0 bridgehead atoms. The number of thioether (sulfide) groups is 1. The van der Waals surface area contributed by atoms with E-state index in [4.69, 9.17) is 9.47 Å². The summed E-state index contributed by atoms with van der Waals surface area (Å²) in [5.41, 5.74) is 1.87. The van der Waals surface area contributed by atoms with Crippen LogP contribution in [0.1, 0.15) is 24.5 Å². The minimum absolute atomic E-state index is 0.103. The van der Waals surface area contributed by atoms with E-state index in [2.05, 4.69) is 0 Å². The third-order valence-corrected chi connectivity index (χ3v) is 8.39. The van der Waals surface area contributed by atoms with Gasteiger partial charge in [0.25, 0.3) is 0 Å². The first-order chi connectivity index (χ1) is 18.0. The van der Waals surface area contributed by atoms with E-state index in [1.165, 1.54) is 28.6 Å². The average Bonchev–Trinajstić information content (AvgIpc) is 2.92. The molecule has 0 saturated carbocycles. The van der Waals surface area contributed by atoms with Crippen LogP contribution in [0.25, 0.3) is 0 Å². The summed E-state index contributed by atoms with van der Waals surface area (Å²) >= 11 is 1.74. The van der Waals surface area contributed by atoms with Gasteiger partial charge in [0.15, 0.2) is 0 Å². The molecule has 3 amide bonds. The zero-order valence-electron chi connectivity index (χ0n) is 21.7. The Morgan fingerprint density at radius 1 is 0.892 bits per heavy atom. The molecule has 2 aromatic carbocycles. The number of ether oxygens (including phenoxy) is 2.